The van der Waals surface area contributed by atoms with Gasteiger partial charge in [0.2, 0.25) is 0 Å². The SMILES string of the molecule is Br.Br.O.O=C(O)CNCP(=O)=O.O=C(O)CNCP(=O)=O.O=C(O)CNCP(=O)=O.O=C(O)CNCP(=O)=O. The fraction of sp³-hybridized carbons (Fsp3) is 0.667. The first kappa shape index (κ1) is 53.5. The zero-order valence-corrected chi connectivity index (χ0v) is 26.5. The van der Waals surface area contributed by atoms with Crippen LogP contribution in [0.25, 0.3) is 0 Å². The second-order valence-electron chi connectivity index (χ2n) is 5.25. The highest BCUT2D eigenvalue weighted by Crippen LogP contribution is 1.97. The number of rotatable bonds is 16. The molecule has 0 spiro atoms. The lowest BCUT2D eigenvalue weighted by Gasteiger charge is -1.89. The predicted molar refractivity (Wildman–Crippen MR) is 139 cm³/mol. The van der Waals surface area contributed by atoms with Crippen LogP contribution in [0.2, 0.25) is 0 Å². The number of carboxylic acid groups (broad SMARTS) is 4. The Hall–Kier alpha value is -1.76. The summed E-state index contributed by atoms with van der Waals surface area (Å²) in [5, 5.41) is 40.6. The van der Waals surface area contributed by atoms with Crippen molar-refractivity contribution in [2.45, 2.75) is 0 Å². The van der Waals surface area contributed by atoms with Gasteiger partial charge < -0.3 is 25.9 Å². The molecule has 0 heterocycles. The van der Waals surface area contributed by atoms with Gasteiger partial charge in [0.1, 0.15) is 25.1 Å². The summed E-state index contributed by atoms with van der Waals surface area (Å²) >= 11 is 0. The van der Waals surface area contributed by atoms with E-state index in [9.17, 15) is 55.7 Å². The van der Waals surface area contributed by atoms with E-state index in [4.69, 9.17) is 20.4 Å². The van der Waals surface area contributed by atoms with Gasteiger partial charge in [-0.05, 0) is 0 Å². The van der Waals surface area contributed by atoms with Gasteiger partial charge in [-0.1, -0.05) is 0 Å². The van der Waals surface area contributed by atoms with Crippen LogP contribution in [0.3, 0.4) is 0 Å². The molecule has 0 aromatic heterocycles. The molecular weight excluding hydrogens is 756 g/mol. The van der Waals surface area contributed by atoms with Crippen molar-refractivity contribution < 1.29 is 81.6 Å². The third-order valence-corrected chi connectivity index (χ3v) is 4.00. The molecule has 0 amide bonds. The highest BCUT2D eigenvalue weighted by molar-refractivity contribution is 8.93. The summed E-state index contributed by atoms with van der Waals surface area (Å²) in [5.74, 6) is -4.25. The Kier molecular flexibility index (Phi) is 52.6. The molecular formula is C12H28Br2N4O17P4. The van der Waals surface area contributed by atoms with E-state index in [0.717, 1.165) is 0 Å². The van der Waals surface area contributed by atoms with E-state index in [2.05, 4.69) is 21.3 Å². The first-order chi connectivity index (χ1) is 16.5. The minimum Gasteiger partial charge on any atom is -0.480 e. The van der Waals surface area contributed by atoms with Crippen molar-refractivity contribution in [1.82, 2.24) is 21.3 Å². The number of halogens is 2. The first-order valence-corrected chi connectivity index (χ1v) is 14.1. The van der Waals surface area contributed by atoms with Gasteiger partial charge in [0.15, 0.2) is 0 Å². The Bertz CT molecular complexity index is 785. The van der Waals surface area contributed by atoms with Gasteiger partial charge in [-0.25, -0.2) is 36.5 Å². The first-order valence-electron chi connectivity index (χ1n) is 8.68. The zero-order valence-electron chi connectivity index (χ0n) is 19.5. The fourth-order valence-electron chi connectivity index (χ4n) is 1.02. The Morgan fingerprint density at radius 1 is 0.410 bits per heavy atom. The molecule has 0 aromatic rings. The molecule has 0 aromatic carbocycles. The van der Waals surface area contributed by atoms with Crippen LogP contribution in [0.15, 0.2) is 0 Å². The summed E-state index contributed by atoms with van der Waals surface area (Å²) in [6.07, 6.45) is -1.10. The van der Waals surface area contributed by atoms with Crippen LogP contribution in [0.4, 0.5) is 0 Å². The molecule has 0 fully saturated rings. The van der Waals surface area contributed by atoms with Crippen LogP contribution in [0, 0.1) is 0 Å². The monoisotopic (exact) mass is 782 g/mol. The zero-order chi connectivity index (χ0) is 29.1. The van der Waals surface area contributed by atoms with E-state index in [-0.39, 0.29) is 90.8 Å². The molecule has 0 saturated carbocycles. The average Bonchev–Trinajstić information content (AvgIpc) is 2.67. The van der Waals surface area contributed by atoms with Crippen molar-refractivity contribution in [2.75, 3.05) is 51.3 Å². The molecule has 0 atom stereocenters. The van der Waals surface area contributed by atoms with Crippen LogP contribution >= 0.6 is 64.7 Å². The maximum absolute atomic E-state index is 9.76. The smallest absolute Gasteiger partial charge is 0.329 e. The van der Waals surface area contributed by atoms with Crippen LogP contribution < -0.4 is 21.3 Å². The van der Waals surface area contributed by atoms with Gasteiger partial charge >= 0.3 is 54.6 Å². The molecule has 0 aliphatic rings. The highest BCUT2D eigenvalue weighted by atomic mass is 79.9. The Morgan fingerprint density at radius 2 is 0.538 bits per heavy atom. The summed E-state index contributed by atoms with van der Waals surface area (Å²) in [7, 11) is -10.0. The highest BCUT2D eigenvalue weighted by Gasteiger charge is 1.97. The lowest BCUT2D eigenvalue weighted by atomic mass is 10.7. The Balaban J connectivity index is -0.0000000683. The number of nitrogens with one attached hydrogen (secondary N) is 4. The minimum absolute atomic E-state index is 0. The summed E-state index contributed by atoms with van der Waals surface area (Å²) in [4.78, 5) is 38.9. The molecule has 39 heavy (non-hydrogen) atoms. The molecule has 0 aliphatic heterocycles. The molecule has 0 radical (unpaired) electrons. The number of hydrogen-bond donors (Lipinski definition) is 8. The number of aliphatic carboxylic acids is 4. The summed E-state index contributed by atoms with van der Waals surface area (Å²) in [5.41, 5.74) is 0. The van der Waals surface area contributed by atoms with Gasteiger partial charge in [0.25, 0.3) is 0 Å². The van der Waals surface area contributed by atoms with E-state index in [1.54, 1.807) is 0 Å². The van der Waals surface area contributed by atoms with Crippen molar-refractivity contribution in [1.29, 1.82) is 0 Å². The molecule has 0 bridgehead atoms. The van der Waals surface area contributed by atoms with Crippen molar-refractivity contribution in [3.63, 3.8) is 0 Å². The molecule has 0 aliphatic carbocycles. The lowest BCUT2D eigenvalue weighted by Crippen LogP contribution is -2.20. The normalized spacial score (nSPS) is 8.21. The van der Waals surface area contributed by atoms with Crippen molar-refractivity contribution in [2.24, 2.45) is 0 Å². The van der Waals surface area contributed by atoms with E-state index in [1.807, 2.05) is 0 Å². The molecule has 27 heteroatoms. The number of carboxylic acids is 4. The average molecular weight is 784 g/mol. The van der Waals surface area contributed by atoms with Crippen molar-refractivity contribution in [3.05, 3.63) is 0 Å². The van der Waals surface area contributed by atoms with E-state index < -0.39 is 54.6 Å². The quantitative estimate of drug-likeness (QED) is 0.0914. The fourth-order valence-corrected chi connectivity index (χ4v) is 2.19. The van der Waals surface area contributed by atoms with Crippen LogP contribution in [-0.2, 0) is 55.7 Å². The maximum Gasteiger partial charge on any atom is 0.329 e. The van der Waals surface area contributed by atoms with Crippen molar-refractivity contribution in [3.8, 4) is 0 Å². The predicted octanol–water partition coefficient (Wildman–Crippen LogP) is -0.505. The molecule has 0 saturated heterocycles. The van der Waals surface area contributed by atoms with Gasteiger partial charge in [-0.15, -0.1) is 34.0 Å². The maximum atomic E-state index is 9.76. The largest absolute Gasteiger partial charge is 0.480 e. The molecule has 0 unspecified atom stereocenters. The van der Waals surface area contributed by atoms with Crippen molar-refractivity contribution >= 4 is 88.6 Å². The van der Waals surface area contributed by atoms with Crippen LogP contribution in [0.5, 0.6) is 0 Å². The van der Waals surface area contributed by atoms with E-state index >= 15 is 0 Å². The molecule has 10 N–H and O–H groups in total. The third-order valence-electron chi connectivity index (χ3n) is 2.07. The molecule has 232 valence electrons. The van der Waals surface area contributed by atoms with Crippen LogP contribution in [0.1, 0.15) is 0 Å². The third kappa shape index (κ3) is 85.9. The van der Waals surface area contributed by atoms with Crippen LogP contribution in [-0.4, -0.2) is 101 Å². The summed E-state index contributed by atoms with van der Waals surface area (Å²) < 4.78 is 78.1. The van der Waals surface area contributed by atoms with Gasteiger partial charge in [0.05, 0.1) is 26.2 Å². The number of carbonyl (C=O) groups is 4. The summed E-state index contributed by atoms with van der Waals surface area (Å²) in [6, 6.07) is 0. The van der Waals surface area contributed by atoms with E-state index in [0.29, 0.717) is 0 Å². The Morgan fingerprint density at radius 3 is 0.615 bits per heavy atom. The minimum atomic E-state index is -2.51. The second kappa shape index (κ2) is 38.4. The standard InChI is InChI=1S/4C3H6NO4P.2BrH.H2O/c4*5-3(6)1-4-2-9(7)8;;;/h4*4H,1-2H2,(H,5,6);2*1H;1H2. The number of hydrogen-bond acceptors (Lipinski definition) is 16. The summed E-state index contributed by atoms with van der Waals surface area (Å²) in [6.45, 7) is -1.26. The van der Waals surface area contributed by atoms with E-state index in [1.165, 1.54) is 0 Å². The lowest BCUT2D eigenvalue weighted by molar-refractivity contribution is -0.136. The van der Waals surface area contributed by atoms with Gasteiger partial charge in [-0.2, -0.15) is 0 Å². The topological polar surface area (TPSA) is 365 Å². The Labute approximate surface area is 242 Å². The second-order valence-corrected chi connectivity index (χ2v) is 9.17. The van der Waals surface area contributed by atoms with Gasteiger partial charge in [-0.3, -0.25) is 40.4 Å². The van der Waals surface area contributed by atoms with Gasteiger partial charge in [0, 0.05) is 0 Å². The molecule has 21 nitrogen and oxygen atoms in total. The molecule has 0 rings (SSSR count).